The Labute approximate surface area is 143 Å². The van der Waals surface area contributed by atoms with Gasteiger partial charge in [0.15, 0.2) is 5.82 Å². The third-order valence-electron chi connectivity index (χ3n) is 4.17. The Morgan fingerprint density at radius 3 is 2.76 bits per heavy atom. The van der Waals surface area contributed by atoms with Gasteiger partial charge in [-0.2, -0.15) is 5.10 Å². The molecule has 1 N–H and O–H groups in total. The highest BCUT2D eigenvalue weighted by molar-refractivity contribution is 7.90. The second-order valence-electron chi connectivity index (χ2n) is 6.22. The topological polar surface area (TPSA) is 83.8 Å². The molecule has 136 valence electrons. The van der Waals surface area contributed by atoms with Gasteiger partial charge in [-0.25, -0.2) is 26.4 Å². The van der Waals surface area contributed by atoms with Crippen molar-refractivity contribution in [2.45, 2.75) is 31.7 Å². The van der Waals surface area contributed by atoms with Gasteiger partial charge in [-0.3, -0.25) is 4.79 Å². The molecular formula is C15H18F2N4O3S. The normalized spacial score (nSPS) is 18.3. The maximum atomic E-state index is 14.9. The number of anilines is 1. The Morgan fingerprint density at radius 1 is 1.44 bits per heavy atom. The number of nitrogens with one attached hydrogen (secondary N) is 1. The third-order valence-corrected chi connectivity index (χ3v) is 5.88. The number of hydrogen-bond acceptors (Lipinski definition) is 5. The minimum atomic E-state index is -3.86. The van der Waals surface area contributed by atoms with Gasteiger partial charge in [0.1, 0.15) is 11.7 Å². The van der Waals surface area contributed by atoms with Crippen LogP contribution in [0.5, 0.6) is 0 Å². The molecule has 1 aliphatic heterocycles. The van der Waals surface area contributed by atoms with E-state index >= 15 is 0 Å². The van der Waals surface area contributed by atoms with Crippen molar-refractivity contribution in [3.63, 3.8) is 0 Å². The van der Waals surface area contributed by atoms with Gasteiger partial charge in [-0.05, 0) is 26.3 Å². The van der Waals surface area contributed by atoms with Crippen LogP contribution in [0.15, 0.2) is 18.5 Å². The Morgan fingerprint density at radius 2 is 2.16 bits per heavy atom. The highest BCUT2D eigenvalue weighted by Crippen LogP contribution is 2.28. The molecule has 2 aromatic heterocycles. The average Bonchev–Trinajstić information content (AvgIpc) is 3.13. The standard InChI is InChI=1S/C15H18F2N4O3S/c1-9(2)25(23,24)19-15(22)11-7-18-21-6-4-12(13(17)14(11)21)20-5-3-10(16)8-20/h4,6-7,9-10H,3,5,8H2,1-2H3,(H,19,22)/t10-/m0/s1. The van der Waals surface area contributed by atoms with E-state index in [1.165, 1.54) is 26.1 Å². The number of carbonyl (C=O) groups is 1. The minimum absolute atomic E-state index is 0.0739. The Kier molecular flexibility index (Phi) is 4.40. The zero-order chi connectivity index (χ0) is 18.4. The summed E-state index contributed by atoms with van der Waals surface area (Å²) in [6, 6.07) is 1.46. The monoisotopic (exact) mass is 372 g/mol. The van der Waals surface area contributed by atoms with E-state index in [2.05, 4.69) is 5.10 Å². The van der Waals surface area contributed by atoms with Crippen LogP contribution in [0, 0.1) is 5.82 Å². The molecule has 25 heavy (non-hydrogen) atoms. The Balaban J connectivity index is 2.01. The fraction of sp³-hybridized carbons (Fsp3) is 0.467. The smallest absolute Gasteiger partial charge is 0.268 e. The molecule has 1 amide bonds. The number of pyridine rings is 1. The zero-order valence-electron chi connectivity index (χ0n) is 13.7. The number of nitrogens with zero attached hydrogens (tertiary/aromatic N) is 3. The maximum Gasteiger partial charge on any atom is 0.268 e. The van der Waals surface area contributed by atoms with Crippen molar-refractivity contribution in [3.05, 3.63) is 29.8 Å². The van der Waals surface area contributed by atoms with Gasteiger partial charge in [0.25, 0.3) is 5.91 Å². The molecule has 10 heteroatoms. The first kappa shape index (κ1) is 17.6. The second-order valence-corrected chi connectivity index (χ2v) is 8.46. The first-order valence-electron chi connectivity index (χ1n) is 7.81. The number of sulfonamides is 1. The second kappa shape index (κ2) is 6.25. The van der Waals surface area contributed by atoms with Crippen LogP contribution in [0.4, 0.5) is 14.5 Å². The number of fused-ring (bicyclic) bond motifs is 1. The Hall–Kier alpha value is -2.23. The van der Waals surface area contributed by atoms with E-state index in [4.69, 9.17) is 0 Å². The average molecular weight is 372 g/mol. The first-order valence-corrected chi connectivity index (χ1v) is 9.36. The van der Waals surface area contributed by atoms with Gasteiger partial charge in [0.2, 0.25) is 10.0 Å². The molecule has 0 saturated carbocycles. The number of amides is 1. The molecule has 0 bridgehead atoms. The van der Waals surface area contributed by atoms with Gasteiger partial charge < -0.3 is 4.90 Å². The van der Waals surface area contributed by atoms with Crippen LogP contribution in [0.1, 0.15) is 30.6 Å². The maximum absolute atomic E-state index is 14.9. The highest BCUT2D eigenvalue weighted by atomic mass is 32.2. The molecule has 0 aliphatic carbocycles. The van der Waals surface area contributed by atoms with Crippen molar-refractivity contribution in [1.82, 2.24) is 14.3 Å². The van der Waals surface area contributed by atoms with Crippen LogP contribution < -0.4 is 9.62 Å². The molecule has 7 nitrogen and oxygen atoms in total. The molecule has 0 radical (unpaired) electrons. The highest BCUT2D eigenvalue weighted by Gasteiger charge is 2.28. The van der Waals surface area contributed by atoms with Gasteiger partial charge in [0, 0.05) is 19.3 Å². The van der Waals surface area contributed by atoms with Crippen molar-refractivity contribution in [3.8, 4) is 0 Å². The van der Waals surface area contributed by atoms with E-state index in [0.717, 1.165) is 10.7 Å². The summed E-state index contributed by atoms with van der Waals surface area (Å²) in [5.41, 5.74) is -0.176. The van der Waals surface area contributed by atoms with Gasteiger partial charge in [-0.15, -0.1) is 0 Å². The van der Waals surface area contributed by atoms with Gasteiger partial charge >= 0.3 is 0 Å². The van der Waals surface area contributed by atoms with Crippen molar-refractivity contribution >= 4 is 27.1 Å². The van der Waals surface area contributed by atoms with Crippen LogP contribution in [-0.2, 0) is 10.0 Å². The van der Waals surface area contributed by atoms with Gasteiger partial charge in [-0.1, -0.05) is 0 Å². The number of carbonyl (C=O) groups excluding carboxylic acids is 1. The number of alkyl halides is 1. The molecule has 2 aromatic rings. The fourth-order valence-electron chi connectivity index (χ4n) is 2.68. The first-order chi connectivity index (χ1) is 11.7. The quantitative estimate of drug-likeness (QED) is 0.879. The summed E-state index contributed by atoms with van der Waals surface area (Å²) in [5.74, 6) is -1.69. The lowest BCUT2D eigenvalue weighted by Crippen LogP contribution is -2.35. The number of halogens is 2. The fourth-order valence-corrected chi connectivity index (χ4v) is 3.28. The largest absolute Gasteiger partial charge is 0.366 e. The summed E-state index contributed by atoms with van der Waals surface area (Å²) < 4.78 is 55.1. The molecule has 0 spiro atoms. The molecule has 3 rings (SSSR count). The molecule has 1 fully saturated rings. The number of aromatic nitrogens is 2. The number of hydrogen-bond donors (Lipinski definition) is 1. The molecule has 1 atom stereocenters. The van der Waals surface area contributed by atoms with Crippen LogP contribution in [0.25, 0.3) is 5.52 Å². The van der Waals surface area contributed by atoms with E-state index in [1.807, 2.05) is 4.72 Å². The summed E-state index contributed by atoms with van der Waals surface area (Å²) in [6.45, 7) is 3.28. The lowest BCUT2D eigenvalue weighted by Gasteiger charge is -2.18. The van der Waals surface area contributed by atoms with Crippen LogP contribution in [0.2, 0.25) is 0 Å². The SMILES string of the molecule is CC(C)S(=O)(=O)NC(=O)c1cnn2ccc(N3CC[C@H](F)C3)c(F)c12. The molecule has 0 aromatic carbocycles. The molecule has 3 heterocycles. The molecular weight excluding hydrogens is 354 g/mol. The van der Waals surface area contributed by atoms with Crippen molar-refractivity contribution in [1.29, 1.82) is 0 Å². The summed E-state index contributed by atoms with van der Waals surface area (Å²) in [5, 5.41) is 3.07. The van der Waals surface area contributed by atoms with E-state index in [9.17, 15) is 22.0 Å². The van der Waals surface area contributed by atoms with Crippen LogP contribution >= 0.6 is 0 Å². The lowest BCUT2D eigenvalue weighted by atomic mass is 10.2. The summed E-state index contributed by atoms with van der Waals surface area (Å²) in [4.78, 5) is 13.8. The summed E-state index contributed by atoms with van der Waals surface area (Å²) in [7, 11) is -3.86. The predicted molar refractivity (Wildman–Crippen MR) is 88.4 cm³/mol. The molecule has 1 aliphatic rings. The summed E-state index contributed by atoms with van der Waals surface area (Å²) in [6.07, 6.45) is 1.84. The van der Waals surface area contributed by atoms with Crippen molar-refractivity contribution < 1.29 is 22.0 Å². The van der Waals surface area contributed by atoms with Crippen LogP contribution in [0.3, 0.4) is 0 Å². The van der Waals surface area contributed by atoms with Crippen LogP contribution in [-0.4, -0.2) is 48.5 Å². The third kappa shape index (κ3) is 3.17. The lowest BCUT2D eigenvalue weighted by molar-refractivity contribution is 0.0982. The predicted octanol–water partition coefficient (Wildman–Crippen LogP) is 1.49. The van der Waals surface area contributed by atoms with E-state index < -0.39 is 33.2 Å². The van der Waals surface area contributed by atoms with Crippen molar-refractivity contribution in [2.75, 3.05) is 18.0 Å². The van der Waals surface area contributed by atoms with Gasteiger partial charge in [0.05, 0.1) is 22.7 Å². The molecule has 0 unspecified atom stereocenters. The number of rotatable bonds is 4. The minimum Gasteiger partial charge on any atom is -0.366 e. The van der Waals surface area contributed by atoms with E-state index in [0.29, 0.717) is 13.0 Å². The van der Waals surface area contributed by atoms with E-state index in [1.54, 1.807) is 4.90 Å². The van der Waals surface area contributed by atoms with E-state index in [-0.39, 0.29) is 23.3 Å². The Bertz CT molecular complexity index is 926. The summed E-state index contributed by atoms with van der Waals surface area (Å²) >= 11 is 0. The van der Waals surface area contributed by atoms with Crippen molar-refractivity contribution in [2.24, 2.45) is 0 Å². The molecule has 1 saturated heterocycles. The zero-order valence-corrected chi connectivity index (χ0v) is 14.6.